The van der Waals surface area contributed by atoms with Gasteiger partial charge < -0.3 is 4.98 Å². The minimum absolute atomic E-state index is 0.0229. The zero-order valence-electron chi connectivity index (χ0n) is 13.5. The molecule has 0 spiro atoms. The predicted molar refractivity (Wildman–Crippen MR) is 95.0 cm³/mol. The molecule has 24 heavy (non-hydrogen) atoms. The van der Waals surface area contributed by atoms with E-state index in [4.69, 9.17) is 0 Å². The van der Waals surface area contributed by atoms with Crippen LogP contribution in [-0.4, -0.2) is 26.4 Å². The molecule has 5 nitrogen and oxygen atoms in total. The first kappa shape index (κ1) is 15.2. The average Bonchev–Trinajstić information content (AvgIpc) is 3.10. The lowest BCUT2D eigenvalue weighted by Crippen LogP contribution is -2.35. The van der Waals surface area contributed by atoms with Crippen LogP contribution in [0.5, 0.6) is 0 Å². The van der Waals surface area contributed by atoms with Gasteiger partial charge in [0, 0.05) is 31.7 Å². The van der Waals surface area contributed by atoms with E-state index in [2.05, 4.69) is 19.9 Å². The molecule has 4 heterocycles. The van der Waals surface area contributed by atoms with Crippen LogP contribution in [0.15, 0.2) is 40.5 Å². The maximum atomic E-state index is 12.5. The summed E-state index contributed by atoms with van der Waals surface area (Å²) >= 11 is 1.59. The van der Waals surface area contributed by atoms with Crippen molar-refractivity contribution in [3.63, 3.8) is 0 Å². The van der Waals surface area contributed by atoms with Crippen molar-refractivity contribution in [2.75, 3.05) is 6.54 Å². The van der Waals surface area contributed by atoms with Gasteiger partial charge >= 0.3 is 0 Å². The summed E-state index contributed by atoms with van der Waals surface area (Å²) in [6, 6.07) is 10.0. The number of thiophene rings is 1. The smallest absolute Gasteiger partial charge is 0.255 e. The van der Waals surface area contributed by atoms with Gasteiger partial charge in [0.05, 0.1) is 21.8 Å². The summed E-state index contributed by atoms with van der Waals surface area (Å²) in [4.78, 5) is 27.9. The highest BCUT2D eigenvalue weighted by molar-refractivity contribution is 7.13. The number of H-pyrrole nitrogens is 1. The number of hydrogen-bond donors (Lipinski definition) is 1. The highest BCUT2D eigenvalue weighted by Crippen LogP contribution is 2.22. The van der Waals surface area contributed by atoms with E-state index in [1.54, 1.807) is 11.3 Å². The van der Waals surface area contributed by atoms with Crippen LogP contribution in [0.1, 0.15) is 22.6 Å². The van der Waals surface area contributed by atoms with Gasteiger partial charge in [-0.25, -0.2) is 4.98 Å². The topological polar surface area (TPSA) is 61.9 Å². The second kappa shape index (κ2) is 6.30. The van der Waals surface area contributed by atoms with Crippen LogP contribution in [0.4, 0.5) is 0 Å². The molecule has 6 heteroatoms. The van der Waals surface area contributed by atoms with E-state index in [0.29, 0.717) is 12.4 Å². The van der Waals surface area contributed by atoms with Crippen molar-refractivity contribution in [3.8, 4) is 10.7 Å². The molecule has 1 N–H and O–H groups in total. The lowest BCUT2D eigenvalue weighted by Gasteiger charge is -2.27. The monoisotopic (exact) mass is 338 g/mol. The lowest BCUT2D eigenvalue weighted by atomic mass is 10.1. The van der Waals surface area contributed by atoms with Gasteiger partial charge in [0.1, 0.15) is 0 Å². The Labute approximate surface area is 144 Å². The van der Waals surface area contributed by atoms with E-state index < -0.39 is 0 Å². The molecular weight excluding hydrogens is 320 g/mol. The van der Waals surface area contributed by atoms with Crippen molar-refractivity contribution < 1.29 is 0 Å². The summed E-state index contributed by atoms with van der Waals surface area (Å²) in [6.45, 7) is 4.27. The number of nitrogens with one attached hydrogen (secondary N) is 1. The summed E-state index contributed by atoms with van der Waals surface area (Å²) in [5.41, 5.74) is 3.75. The van der Waals surface area contributed by atoms with E-state index in [1.165, 1.54) is 0 Å². The third kappa shape index (κ3) is 3.02. The number of nitrogens with zero attached hydrogens (tertiary/aromatic N) is 3. The van der Waals surface area contributed by atoms with Crippen LogP contribution in [0.25, 0.3) is 10.7 Å². The quantitative estimate of drug-likeness (QED) is 0.798. The Morgan fingerprint density at radius 1 is 1.25 bits per heavy atom. The molecule has 4 rings (SSSR count). The third-order valence-electron chi connectivity index (χ3n) is 4.23. The van der Waals surface area contributed by atoms with Gasteiger partial charge in [0.15, 0.2) is 5.82 Å². The number of aromatic nitrogens is 3. The normalized spacial score (nSPS) is 14.5. The summed E-state index contributed by atoms with van der Waals surface area (Å²) in [7, 11) is 0. The van der Waals surface area contributed by atoms with Gasteiger partial charge in [-0.15, -0.1) is 11.3 Å². The fourth-order valence-corrected chi connectivity index (χ4v) is 3.73. The zero-order valence-corrected chi connectivity index (χ0v) is 14.3. The van der Waals surface area contributed by atoms with Gasteiger partial charge in [-0.05, 0) is 30.5 Å². The largest absolute Gasteiger partial charge is 0.306 e. The van der Waals surface area contributed by atoms with Crippen LogP contribution in [0.3, 0.4) is 0 Å². The van der Waals surface area contributed by atoms with Crippen LogP contribution >= 0.6 is 11.3 Å². The second-order valence-corrected chi connectivity index (χ2v) is 7.00. The Morgan fingerprint density at radius 3 is 2.96 bits per heavy atom. The Bertz CT molecular complexity index is 917. The van der Waals surface area contributed by atoms with Crippen LogP contribution < -0.4 is 5.56 Å². The first-order valence-corrected chi connectivity index (χ1v) is 8.88. The van der Waals surface area contributed by atoms with Crippen molar-refractivity contribution in [2.45, 2.75) is 26.4 Å². The Kier molecular flexibility index (Phi) is 4.00. The Balaban J connectivity index is 1.58. The van der Waals surface area contributed by atoms with Crippen LogP contribution in [-0.2, 0) is 19.5 Å². The Hall–Kier alpha value is -2.31. The molecular formula is C18H18N4OS. The van der Waals surface area contributed by atoms with Crippen molar-refractivity contribution in [3.05, 3.63) is 68.7 Å². The molecule has 0 aromatic carbocycles. The van der Waals surface area contributed by atoms with Crippen LogP contribution in [0, 0.1) is 6.92 Å². The van der Waals surface area contributed by atoms with Gasteiger partial charge in [0.2, 0.25) is 0 Å². The Morgan fingerprint density at radius 2 is 2.17 bits per heavy atom. The van der Waals surface area contributed by atoms with E-state index in [9.17, 15) is 4.79 Å². The van der Waals surface area contributed by atoms with Crippen molar-refractivity contribution in [1.29, 1.82) is 0 Å². The van der Waals surface area contributed by atoms with Crippen molar-refractivity contribution in [2.24, 2.45) is 0 Å². The first-order chi connectivity index (χ1) is 11.7. The average molecular weight is 338 g/mol. The van der Waals surface area contributed by atoms with E-state index in [-0.39, 0.29) is 5.56 Å². The number of fused-ring (bicyclic) bond motifs is 1. The molecule has 3 aromatic heterocycles. The minimum Gasteiger partial charge on any atom is -0.306 e. The summed E-state index contributed by atoms with van der Waals surface area (Å²) in [5, 5.41) is 1.99. The zero-order chi connectivity index (χ0) is 16.5. The SMILES string of the molecule is Cc1cccc(CN2CCc3nc(-c4cccs4)[nH]c(=O)c3C2)n1. The maximum absolute atomic E-state index is 12.5. The molecule has 0 atom stereocenters. The molecule has 0 unspecified atom stereocenters. The number of pyridine rings is 1. The molecule has 0 fully saturated rings. The molecule has 0 radical (unpaired) electrons. The molecule has 1 aliphatic rings. The molecule has 122 valence electrons. The van der Waals surface area contributed by atoms with Gasteiger partial charge in [-0.1, -0.05) is 12.1 Å². The van der Waals surface area contributed by atoms with E-state index in [0.717, 1.165) is 47.0 Å². The minimum atomic E-state index is -0.0229. The molecule has 0 saturated heterocycles. The van der Waals surface area contributed by atoms with Gasteiger partial charge in [-0.2, -0.15) is 0 Å². The van der Waals surface area contributed by atoms with Crippen LogP contribution in [0.2, 0.25) is 0 Å². The molecule has 0 amide bonds. The highest BCUT2D eigenvalue weighted by atomic mass is 32.1. The number of aromatic amines is 1. The number of aryl methyl sites for hydroxylation is 1. The summed E-state index contributed by atoms with van der Waals surface area (Å²) in [6.07, 6.45) is 0.795. The molecule has 0 bridgehead atoms. The van der Waals surface area contributed by atoms with E-state index >= 15 is 0 Å². The van der Waals surface area contributed by atoms with E-state index in [1.807, 2.05) is 42.6 Å². The molecule has 3 aromatic rings. The first-order valence-electron chi connectivity index (χ1n) is 8.00. The van der Waals surface area contributed by atoms with Crippen molar-refractivity contribution >= 4 is 11.3 Å². The summed E-state index contributed by atoms with van der Waals surface area (Å²) < 4.78 is 0. The van der Waals surface area contributed by atoms with Crippen molar-refractivity contribution in [1.82, 2.24) is 19.9 Å². The predicted octanol–water partition coefficient (Wildman–Crippen LogP) is 2.76. The molecule has 0 saturated carbocycles. The highest BCUT2D eigenvalue weighted by Gasteiger charge is 2.22. The summed E-state index contributed by atoms with van der Waals surface area (Å²) in [5.74, 6) is 0.683. The fraction of sp³-hybridized carbons (Fsp3) is 0.278. The lowest BCUT2D eigenvalue weighted by molar-refractivity contribution is 0.239. The van der Waals surface area contributed by atoms with Gasteiger partial charge in [0.25, 0.3) is 5.56 Å². The number of hydrogen-bond acceptors (Lipinski definition) is 5. The fourth-order valence-electron chi connectivity index (χ4n) is 3.06. The van der Waals surface area contributed by atoms with Gasteiger partial charge in [-0.3, -0.25) is 14.7 Å². The second-order valence-electron chi connectivity index (χ2n) is 6.05. The standard InChI is InChI=1S/C18H18N4OS/c1-12-4-2-5-13(19-12)10-22-8-7-15-14(11-22)18(23)21-17(20-15)16-6-3-9-24-16/h2-6,9H,7-8,10-11H2,1H3,(H,20,21,23). The molecule has 0 aliphatic carbocycles. The third-order valence-corrected chi connectivity index (χ3v) is 5.11. The number of rotatable bonds is 3. The molecule has 1 aliphatic heterocycles. The maximum Gasteiger partial charge on any atom is 0.255 e.